The number of aromatic nitrogens is 2. The first-order valence-electron chi connectivity index (χ1n) is 12.7. The van der Waals surface area contributed by atoms with Gasteiger partial charge in [0.05, 0.1) is 31.0 Å². The van der Waals surface area contributed by atoms with Gasteiger partial charge < -0.3 is 25.2 Å². The van der Waals surface area contributed by atoms with Gasteiger partial charge in [-0.3, -0.25) is 14.3 Å². The van der Waals surface area contributed by atoms with E-state index in [0.29, 0.717) is 6.61 Å². The number of carbonyl (C=O) groups is 2. The van der Waals surface area contributed by atoms with E-state index in [-0.39, 0.29) is 48.6 Å². The fourth-order valence-electron chi connectivity index (χ4n) is 6.00. The Labute approximate surface area is 201 Å². The number of hydrogen-bond donors (Lipinski definition) is 3. The van der Waals surface area contributed by atoms with Crippen molar-refractivity contribution >= 4 is 11.8 Å². The molecule has 4 aliphatic rings. The maximum atomic E-state index is 13.3. The van der Waals surface area contributed by atoms with Crippen LogP contribution in [-0.2, 0) is 26.3 Å². The molecule has 9 nitrogen and oxygen atoms in total. The van der Waals surface area contributed by atoms with Gasteiger partial charge in [0.1, 0.15) is 6.04 Å². The molecule has 0 spiro atoms. The van der Waals surface area contributed by atoms with Crippen LogP contribution < -0.4 is 5.32 Å². The number of aryl methyl sites for hydroxylation is 1. The number of aliphatic hydroxyl groups excluding tert-OH is 2. The Bertz CT molecular complexity index is 875. The average molecular weight is 477 g/mol. The summed E-state index contributed by atoms with van der Waals surface area (Å²) in [5, 5.41) is 27.9. The van der Waals surface area contributed by atoms with Gasteiger partial charge in [0.25, 0.3) is 0 Å². The molecule has 3 saturated heterocycles. The van der Waals surface area contributed by atoms with Gasteiger partial charge in [0, 0.05) is 42.7 Å². The lowest BCUT2D eigenvalue weighted by Crippen LogP contribution is -2.65. The number of nitrogens with one attached hydrogen (secondary N) is 1. The first kappa shape index (κ1) is 25.1. The smallest absolute Gasteiger partial charge is 0.243 e. The van der Waals surface area contributed by atoms with E-state index in [9.17, 15) is 19.8 Å². The lowest BCUT2D eigenvalue weighted by molar-refractivity contribution is -0.182. The van der Waals surface area contributed by atoms with E-state index in [2.05, 4.69) is 23.4 Å². The van der Waals surface area contributed by atoms with Gasteiger partial charge in [-0.2, -0.15) is 5.10 Å². The number of amides is 2. The van der Waals surface area contributed by atoms with Crippen LogP contribution in [0.4, 0.5) is 0 Å². The first-order valence-corrected chi connectivity index (χ1v) is 12.7. The monoisotopic (exact) mass is 476 g/mol. The minimum absolute atomic E-state index is 0.0793. The van der Waals surface area contributed by atoms with Crippen molar-refractivity contribution in [2.75, 3.05) is 19.8 Å². The summed E-state index contributed by atoms with van der Waals surface area (Å²) < 4.78 is 8.46. The second-order valence-electron chi connectivity index (χ2n) is 10.8. The Morgan fingerprint density at radius 2 is 1.97 bits per heavy atom. The second kappa shape index (κ2) is 9.59. The molecule has 4 unspecified atom stereocenters. The summed E-state index contributed by atoms with van der Waals surface area (Å²) in [5.74, 6) is -0.545. The van der Waals surface area contributed by atoms with E-state index in [1.54, 1.807) is 0 Å². The van der Waals surface area contributed by atoms with E-state index in [1.165, 1.54) is 10.6 Å². The van der Waals surface area contributed by atoms with Gasteiger partial charge in [-0.1, -0.05) is 20.8 Å². The van der Waals surface area contributed by atoms with Crippen molar-refractivity contribution < 1.29 is 24.5 Å². The topological polar surface area (TPSA) is 117 Å². The maximum Gasteiger partial charge on any atom is 0.243 e. The minimum atomic E-state index is -0.737. The zero-order valence-corrected chi connectivity index (χ0v) is 20.9. The molecule has 5 rings (SSSR count). The number of nitrogens with zero attached hydrogens (tertiary/aromatic N) is 3. The molecule has 4 fully saturated rings. The lowest BCUT2D eigenvalue weighted by Gasteiger charge is -2.55. The summed E-state index contributed by atoms with van der Waals surface area (Å²) in [7, 11) is 0. The largest absolute Gasteiger partial charge is 0.394 e. The number of hydrogen-bond acceptors (Lipinski definition) is 6. The molecule has 1 aromatic rings. The molecule has 4 atom stereocenters. The molecule has 1 aliphatic carbocycles. The normalized spacial score (nSPS) is 32.7. The quantitative estimate of drug-likeness (QED) is 0.519. The third-order valence-corrected chi connectivity index (χ3v) is 8.64. The van der Waals surface area contributed by atoms with Crippen LogP contribution in [0, 0.1) is 11.8 Å². The molecule has 2 amide bonds. The van der Waals surface area contributed by atoms with E-state index in [1.807, 2.05) is 31.6 Å². The summed E-state index contributed by atoms with van der Waals surface area (Å²) >= 11 is 0. The van der Waals surface area contributed by atoms with Gasteiger partial charge in [-0.15, -0.1) is 0 Å². The van der Waals surface area contributed by atoms with Gasteiger partial charge in [-0.05, 0) is 44.6 Å². The number of fused-ring (bicyclic) bond motifs is 3. The average Bonchev–Trinajstić information content (AvgIpc) is 3.49. The zero-order chi connectivity index (χ0) is 24.7. The third kappa shape index (κ3) is 4.27. The molecule has 3 aliphatic heterocycles. The fraction of sp³-hybridized carbons (Fsp3) is 0.800. The van der Waals surface area contributed by atoms with Crippen LogP contribution in [0.5, 0.6) is 0 Å². The van der Waals surface area contributed by atoms with Crippen molar-refractivity contribution in [1.29, 1.82) is 0 Å². The lowest BCUT2D eigenvalue weighted by atomic mass is 9.62. The predicted octanol–water partition coefficient (Wildman–Crippen LogP) is 1.21. The summed E-state index contributed by atoms with van der Waals surface area (Å²) in [5.41, 5.74) is 0.492. The predicted molar refractivity (Wildman–Crippen MR) is 126 cm³/mol. The summed E-state index contributed by atoms with van der Waals surface area (Å²) in [6, 6.07) is 0.775. The highest BCUT2D eigenvalue weighted by molar-refractivity contribution is 5.89. The minimum Gasteiger partial charge on any atom is -0.394 e. The molecule has 3 N–H and O–H groups in total. The van der Waals surface area contributed by atoms with E-state index < -0.39 is 23.8 Å². The van der Waals surface area contributed by atoms with E-state index in [0.717, 1.165) is 32.2 Å². The number of rotatable bonds is 8. The molecule has 0 aromatic carbocycles. The van der Waals surface area contributed by atoms with Crippen LogP contribution in [-0.4, -0.2) is 80.3 Å². The standard InChI is InChI=1S/C25H40N4O5/c1-5-29-21(6-11-26-29)24-7-9-25(10-8-24,34-15-24)20(14-30)27-22(32)19-12-18(31)13-28(19)23(33)17(4)16(2)3/h6,11,16-20,30-31H,5,7-10,12-15H2,1-4H3,(H,27,32). The number of aliphatic hydroxyl groups is 2. The van der Waals surface area contributed by atoms with Crippen molar-refractivity contribution in [2.24, 2.45) is 11.8 Å². The van der Waals surface area contributed by atoms with Gasteiger partial charge >= 0.3 is 0 Å². The van der Waals surface area contributed by atoms with Crippen molar-refractivity contribution in [2.45, 2.75) is 95.5 Å². The highest BCUT2D eigenvalue weighted by Gasteiger charge is 2.55. The molecule has 4 heterocycles. The Morgan fingerprint density at radius 1 is 1.26 bits per heavy atom. The van der Waals surface area contributed by atoms with Crippen LogP contribution in [0.25, 0.3) is 0 Å². The highest BCUT2D eigenvalue weighted by atomic mass is 16.5. The highest BCUT2D eigenvalue weighted by Crippen LogP contribution is 2.51. The second-order valence-corrected chi connectivity index (χ2v) is 10.8. The van der Waals surface area contributed by atoms with E-state index in [4.69, 9.17) is 4.74 Å². The van der Waals surface area contributed by atoms with Crippen LogP contribution in [0.3, 0.4) is 0 Å². The molecule has 9 heteroatoms. The van der Waals surface area contributed by atoms with Crippen molar-refractivity contribution in [1.82, 2.24) is 20.0 Å². The number of carbonyl (C=O) groups excluding carboxylic acids is 2. The van der Waals surface area contributed by atoms with Crippen LogP contribution in [0.1, 0.15) is 65.5 Å². The van der Waals surface area contributed by atoms with Gasteiger partial charge in [-0.25, -0.2) is 0 Å². The molecular weight excluding hydrogens is 436 g/mol. The van der Waals surface area contributed by atoms with Crippen LogP contribution in [0.15, 0.2) is 12.3 Å². The molecular formula is C25H40N4O5. The number of likely N-dealkylation sites (tertiary alicyclic amines) is 1. The molecule has 34 heavy (non-hydrogen) atoms. The number of β-amino-alcohol motifs (C(OH)–C–C–N with tert-alkyl or cyclic N) is 1. The van der Waals surface area contributed by atoms with Crippen molar-refractivity contribution in [3.8, 4) is 0 Å². The summed E-state index contributed by atoms with van der Waals surface area (Å²) in [6.07, 6.45) is 4.59. The molecule has 2 bridgehead atoms. The fourth-order valence-corrected chi connectivity index (χ4v) is 6.00. The van der Waals surface area contributed by atoms with Crippen LogP contribution >= 0.6 is 0 Å². The molecule has 1 aromatic heterocycles. The maximum absolute atomic E-state index is 13.3. The number of ether oxygens (including phenoxy) is 1. The Morgan fingerprint density at radius 3 is 2.53 bits per heavy atom. The van der Waals surface area contributed by atoms with Crippen molar-refractivity contribution in [3.05, 3.63) is 18.0 Å². The summed E-state index contributed by atoms with van der Waals surface area (Å²) in [4.78, 5) is 27.8. The van der Waals surface area contributed by atoms with E-state index >= 15 is 0 Å². The zero-order valence-electron chi connectivity index (χ0n) is 20.9. The molecule has 190 valence electrons. The SMILES string of the molecule is CCn1nccc1C12CCC(C(CO)NC(=O)C3CC(O)CN3C(=O)C(C)C(C)C)(CC1)OC2. The Balaban J connectivity index is 1.45. The van der Waals surface area contributed by atoms with Gasteiger partial charge in [0.2, 0.25) is 11.8 Å². The van der Waals surface area contributed by atoms with Crippen molar-refractivity contribution in [3.63, 3.8) is 0 Å². The Hall–Kier alpha value is -1.97. The third-order valence-electron chi connectivity index (χ3n) is 8.64. The Kier molecular flexibility index (Phi) is 7.09. The summed E-state index contributed by atoms with van der Waals surface area (Å²) in [6.45, 7) is 9.15. The first-order chi connectivity index (χ1) is 16.2. The van der Waals surface area contributed by atoms with Gasteiger partial charge in [0.15, 0.2) is 0 Å². The molecule has 1 saturated carbocycles. The molecule has 0 radical (unpaired) electrons. The van der Waals surface area contributed by atoms with Crippen LogP contribution in [0.2, 0.25) is 0 Å².